The van der Waals surface area contributed by atoms with Gasteiger partial charge < -0.3 is 15.2 Å². The molecule has 0 heterocycles. The van der Waals surface area contributed by atoms with Crippen LogP contribution in [0.5, 0.6) is 0 Å². The van der Waals surface area contributed by atoms with Crippen molar-refractivity contribution in [3.63, 3.8) is 0 Å². The first kappa shape index (κ1) is 16.0. The molecule has 0 saturated heterocycles. The van der Waals surface area contributed by atoms with E-state index in [-0.39, 0.29) is 11.8 Å². The molecule has 1 aliphatic carbocycles. The first-order valence-electron chi connectivity index (χ1n) is 7.25. The van der Waals surface area contributed by atoms with Gasteiger partial charge in [0.1, 0.15) is 0 Å². The topological polar surface area (TPSA) is 75.6 Å². The van der Waals surface area contributed by atoms with Gasteiger partial charge in [0.05, 0.1) is 11.8 Å². The third kappa shape index (κ3) is 5.59. The highest BCUT2D eigenvalue weighted by atomic mass is 16.5. The molecule has 2 N–H and O–H groups in total. The standard InChI is InChI=1S/C14H25NO4/c1-2-3-9-19-10-5-8-15-13(16)11-6-4-7-12(11)14(17)18/h11-12H,2-10H2,1H3,(H,15,16)(H,17,18)/t11-,12+/m1/s1. The molecule has 110 valence electrons. The number of hydrogen-bond donors (Lipinski definition) is 2. The summed E-state index contributed by atoms with van der Waals surface area (Å²) in [4.78, 5) is 22.9. The van der Waals surface area contributed by atoms with E-state index in [1.807, 2.05) is 0 Å². The fourth-order valence-corrected chi connectivity index (χ4v) is 2.43. The Hall–Kier alpha value is -1.10. The largest absolute Gasteiger partial charge is 0.481 e. The molecule has 0 bridgehead atoms. The van der Waals surface area contributed by atoms with Crippen LogP contribution in [0.4, 0.5) is 0 Å². The summed E-state index contributed by atoms with van der Waals surface area (Å²) in [5, 5.41) is 11.8. The minimum absolute atomic E-state index is 0.113. The highest BCUT2D eigenvalue weighted by Crippen LogP contribution is 2.31. The van der Waals surface area contributed by atoms with Gasteiger partial charge in [-0.1, -0.05) is 19.8 Å². The van der Waals surface area contributed by atoms with Gasteiger partial charge in [0.25, 0.3) is 0 Å². The Kier molecular flexibility index (Phi) is 7.48. The number of rotatable bonds is 9. The van der Waals surface area contributed by atoms with Crippen molar-refractivity contribution in [2.75, 3.05) is 19.8 Å². The fraction of sp³-hybridized carbons (Fsp3) is 0.857. The lowest BCUT2D eigenvalue weighted by molar-refractivity contribution is -0.146. The highest BCUT2D eigenvalue weighted by Gasteiger charge is 2.37. The Bertz CT molecular complexity index is 293. The van der Waals surface area contributed by atoms with Crippen LogP contribution in [0.1, 0.15) is 45.4 Å². The van der Waals surface area contributed by atoms with Crippen molar-refractivity contribution in [3.05, 3.63) is 0 Å². The molecule has 0 aromatic rings. The van der Waals surface area contributed by atoms with E-state index in [9.17, 15) is 9.59 Å². The van der Waals surface area contributed by atoms with Crippen LogP contribution in [0.25, 0.3) is 0 Å². The number of nitrogens with one attached hydrogen (secondary N) is 1. The third-order valence-electron chi connectivity index (χ3n) is 3.58. The van der Waals surface area contributed by atoms with Gasteiger partial charge in [0.2, 0.25) is 5.91 Å². The lowest BCUT2D eigenvalue weighted by atomic mass is 9.95. The highest BCUT2D eigenvalue weighted by molar-refractivity contribution is 5.85. The van der Waals surface area contributed by atoms with Gasteiger partial charge in [0.15, 0.2) is 0 Å². The molecule has 1 amide bonds. The average Bonchev–Trinajstić information content (AvgIpc) is 2.87. The van der Waals surface area contributed by atoms with E-state index in [4.69, 9.17) is 9.84 Å². The van der Waals surface area contributed by atoms with Crippen molar-refractivity contribution < 1.29 is 19.4 Å². The van der Waals surface area contributed by atoms with E-state index in [1.54, 1.807) is 0 Å². The summed E-state index contributed by atoms with van der Waals surface area (Å²) in [7, 11) is 0. The predicted molar refractivity (Wildman–Crippen MR) is 71.8 cm³/mol. The van der Waals surface area contributed by atoms with Crippen LogP contribution in [0, 0.1) is 11.8 Å². The van der Waals surface area contributed by atoms with Crippen molar-refractivity contribution in [1.29, 1.82) is 0 Å². The van der Waals surface area contributed by atoms with Gasteiger partial charge in [-0.05, 0) is 25.7 Å². The summed E-state index contributed by atoms with van der Waals surface area (Å²) in [5.41, 5.74) is 0. The summed E-state index contributed by atoms with van der Waals surface area (Å²) >= 11 is 0. The van der Waals surface area contributed by atoms with Gasteiger partial charge in [0, 0.05) is 19.8 Å². The summed E-state index contributed by atoms with van der Waals surface area (Å²) in [6, 6.07) is 0. The molecule has 0 aromatic heterocycles. The van der Waals surface area contributed by atoms with E-state index in [2.05, 4.69) is 12.2 Å². The average molecular weight is 271 g/mol. The molecular formula is C14H25NO4. The van der Waals surface area contributed by atoms with Crippen molar-refractivity contribution in [1.82, 2.24) is 5.32 Å². The van der Waals surface area contributed by atoms with Crippen molar-refractivity contribution >= 4 is 11.9 Å². The van der Waals surface area contributed by atoms with Gasteiger partial charge in [-0.25, -0.2) is 0 Å². The van der Waals surface area contributed by atoms with Gasteiger partial charge in [-0.15, -0.1) is 0 Å². The predicted octanol–water partition coefficient (Wildman–Crippen LogP) is 1.81. The summed E-state index contributed by atoms with van der Waals surface area (Å²) in [5.74, 6) is -1.81. The molecule has 0 radical (unpaired) electrons. The maximum Gasteiger partial charge on any atom is 0.307 e. The molecule has 0 aliphatic heterocycles. The Morgan fingerprint density at radius 3 is 2.58 bits per heavy atom. The second-order valence-corrected chi connectivity index (χ2v) is 5.09. The smallest absolute Gasteiger partial charge is 0.307 e. The zero-order valence-electron chi connectivity index (χ0n) is 11.7. The molecule has 0 aromatic carbocycles. The number of unbranched alkanes of at least 4 members (excludes halogenated alkanes) is 1. The number of ether oxygens (including phenoxy) is 1. The van der Waals surface area contributed by atoms with E-state index in [0.717, 1.165) is 32.3 Å². The Morgan fingerprint density at radius 2 is 1.89 bits per heavy atom. The Balaban J connectivity index is 2.12. The zero-order chi connectivity index (χ0) is 14.1. The molecule has 1 rings (SSSR count). The molecule has 5 nitrogen and oxygen atoms in total. The maximum atomic E-state index is 11.9. The van der Waals surface area contributed by atoms with Crippen molar-refractivity contribution in [2.24, 2.45) is 11.8 Å². The van der Waals surface area contributed by atoms with Gasteiger partial charge in [-0.3, -0.25) is 9.59 Å². The van der Waals surface area contributed by atoms with E-state index < -0.39 is 11.9 Å². The summed E-state index contributed by atoms with van der Waals surface area (Å²) in [6.45, 7) is 4.10. The number of hydrogen-bond acceptors (Lipinski definition) is 3. The van der Waals surface area contributed by atoms with Gasteiger partial charge >= 0.3 is 5.97 Å². The van der Waals surface area contributed by atoms with E-state index in [0.29, 0.717) is 26.0 Å². The Morgan fingerprint density at radius 1 is 1.21 bits per heavy atom. The van der Waals surface area contributed by atoms with Crippen molar-refractivity contribution in [3.8, 4) is 0 Å². The van der Waals surface area contributed by atoms with Crippen LogP contribution >= 0.6 is 0 Å². The van der Waals surface area contributed by atoms with Crippen LogP contribution in [0.15, 0.2) is 0 Å². The van der Waals surface area contributed by atoms with E-state index >= 15 is 0 Å². The van der Waals surface area contributed by atoms with Crippen LogP contribution in [0.3, 0.4) is 0 Å². The first-order valence-corrected chi connectivity index (χ1v) is 7.25. The third-order valence-corrected chi connectivity index (χ3v) is 3.58. The van der Waals surface area contributed by atoms with Crippen molar-refractivity contribution in [2.45, 2.75) is 45.4 Å². The molecule has 1 aliphatic rings. The fourth-order valence-electron chi connectivity index (χ4n) is 2.43. The second kappa shape index (κ2) is 8.91. The summed E-state index contributed by atoms with van der Waals surface area (Å²) in [6.07, 6.45) is 5.10. The molecule has 5 heteroatoms. The number of aliphatic carboxylic acids is 1. The Labute approximate surface area is 114 Å². The quantitative estimate of drug-likeness (QED) is 0.627. The van der Waals surface area contributed by atoms with Gasteiger partial charge in [-0.2, -0.15) is 0 Å². The van der Waals surface area contributed by atoms with Crippen LogP contribution < -0.4 is 5.32 Å². The molecule has 0 spiro atoms. The molecule has 1 saturated carbocycles. The minimum atomic E-state index is -0.847. The van der Waals surface area contributed by atoms with E-state index in [1.165, 1.54) is 0 Å². The number of carboxylic acid groups (broad SMARTS) is 1. The SMILES string of the molecule is CCCCOCCCNC(=O)[C@@H]1CCC[C@@H]1C(=O)O. The molecule has 1 fully saturated rings. The first-order chi connectivity index (χ1) is 9.16. The van der Waals surface area contributed by atoms with Crippen LogP contribution in [0.2, 0.25) is 0 Å². The molecule has 2 atom stereocenters. The minimum Gasteiger partial charge on any atom is -0.481 e. The second-order valence-electron chi connectivity index (χ2n) is 5.09. The molecule has 0 unspecified atom stereocenters. The van der Waals surface area contributed by atoms with Crippen LogP contribution in [-0.2, 0) is 14.3 Å². The lowest BCUT2D eigenvalue weighted by Gasteiger charge is -2.15. The normalized spacial score (nSPS) is 22.4. The number of carbonyl (C=O) groups is 2. The number of carbonyl (C=O) groups excluding carboxylic acids is 1. The summed E-state index contributed by atoms with van der Waals surface area (Å²) < 4.78 is 5.40. The zero-order valence-corrected chi connectivity index (χ0v) is 11.7. The number of amides is 1. The maximum absolute atomic E-state index is 11.9. The molecular weight excluding hydrogens is 246 g/mol. The number of carboxylic acids is 1. The monoisotopic (exact) mass is 271 g/mol. The lowest BCUT2D eigenvalue weighted by Crippen LogP contribution is -2.36. The molecule has 19 heavy (non-hydrogen) atoms. The van der Waals surface area contributed by atoms with Crippen LogP contribution in [-0.4, -0.2) is 36.7 Å².